The van der Waals surface area contributed by atoms with Crippen molar-refractivity contribution in [2.24, 2.45) is 0 Å². The lowest BCUT2D eigenvalue weighted by molar-refractivity contribution is -0.116. The van der Waals surface area contributed by atoms with Crippen LogP contribution in [0.4, 0.5) is 10.1 Å². The van der Waals surface area contributed by atoms with Gasteiger partial charge in [-0.3, -0.25) is 9.78 Å². The molecule has 0 fully saturated rings. The first kappa shape index (κ1) is 17.8. The molecular formula is C19H20ClFN2O2. The number of carbonyl (C=O) groups excluding carboxylic acids is 1. The van der Waals surface area contributed by atoms with Gasteiger partial charge in [0.05, 0.1) is 23.7 Å². The van der Waals surface area contributed by atoms with Crippen LogP contribution in [-0.4, -0.2) is 28.4 Å². The molecular weight excluding hydrogens is 343 g/mol. The average molecular weight is 363 g/mol. The molecule has 0 unspecified atom stereocenters. The van der Waals surface area contributed by atoms with Crippen molar-refractivity contribution >= 4 is 23.2 Å². The molecule has 0 atom stereocenters. The lowest BCUT2D eigenvalue weighted by atomic mass is 9.90. The summed E-state index contributed by atoms with van der Waals surface area (Å²) in [5.74, 6) is -0.607. The molecule has 4 nitrogen and oxygen atoms in total. The van der Waals surface area contributed by atoms with Gasteiger partial charge in [-0.05, 0) is 23.3 Å². The molecule has 25 heavy (non-hydrogen) atoms. The summed E-state index contributed by atoms with van der Waals surface area (Å²) in [5, 5.41) is 9.73. The number of aromatic nitrogens is 1. The number of nitrogens with zero attached hydrogens (tertiary/aromatic N) is 2. The van der Waals surface area contributed by atoms with Crippen LogP contribution in [0, 0.1) is 5.82 Å². The number of alkyl halides is 1. The van der Waals surface area contributed by atoms with E-state index in [4.69, 9.17) is 11.6 Å². The standard InChI is InChI=1S/C19H20ClFN2O2/c1-19(2)11-23(17(25)9-20)16-8-13(15(10-24)22-18(16)19)7-12-5-3-4-6-14(12)21/h3-6,8,24H,7,9-11H2,1-2H3. The summed E-state index contributed by atoms with van der Waals surface area (Å²) < 4.78 is 14.0. The predicted molar refractivity (Wildman–Crippen MR) is 95.5 cm³/mol. The Hall–Kier alpha value is -1.98. The van der Waals surface area contributed by atoms with Crippen LogP contribution < -0.4 is 4.90 Å². The van der Waals surface area contributed by atoms with Crippen LogP contribution in [0.5, 0.6) is 0 Å². The molecule has 0 radical (unpaired) electrons. The van der Waals surface area contributed by atoms with Crippen molar-refractivity contribution in [1.29, 1.82) is 0 Å². The van der Waals surface area contributed by atoms with E-state index in [0.29, 0.717) is 35.5 Å². The normalized spacial score (nSPS) is 15.3. The lowest BCUT2D eigenvalue weighted by Crippen LogP contribution is -2.34. The molecule has 0 saturated carbocycles. The molecule has 1 aliphatic heterocycles. The molecule has 6 heteroatoms. The molecule has 0 spiro atoms. The highest BCUT2D eigenvalue weighted by Crippen LogP contribution is 2.40. The Morgan fingerprint density at radius 2 is 2.08 bits per heavy atom. The van der Waals surface area contributed by atoms with E-state index in [1.807, 2.05) is 19.9 Å². The summed E-state index contributed by atoms with van der Waals surface area (Å²) in [5.41, 5.74) is 2.85. The number of benzene rings is 1. The molecule has 0 aliphatic carbocycles. The minimum absolute atomic E-state index is 0.111. The molecule has 0 bridgehead atoms. The Morgan fingerprint density at radius 3 is 2.72 bits per heavy atom. The molecule has 132 valence electrons. The molecule has 1 N–H and O–H groups in total. The lowest BCUT2D eigenvalue weighted by Gasteiger charge is -2.19. The van der Waals surface area contributed by atoms with Crippen molar-refractivity contribution in [3.63, 3.8) is 0 Å². The quantitative estimate of drug-likeness (QED) is 0.850. The second-order valence-corrected chi connectivity index (χ2v) is 7.15. The second-order valence-electron chi connectivity index (χ2n) is 6.89. The van der Waals surface area contributed by atoms with E-state index in [-0.39, 0.29) is 29.6 Å². The number of fused-ring (bicyclic) bond motifs is 1. The van der Waals surface area contributed by atoms with Gasteiger partial charge in [0.2, 0.25) is 5.91 Å². The summed E-state index contributed by atoms with van der Waals surface area (Å²) >= 11 is 5.74. The van der Waals surface area contributed by atoms with E-state index in [1.54, 1.807) is 23.1 Å². The number of pyridine rings is 1. The number of rotatable bonds is 4. The van der Waals surface area contributed by atoms with Gasteiger partial charge in [0.1, 0.15) is 11.7 Å². The highest BCUT2D eigenvalue weighted by molar-refractivity contribution is 6.29. The zero-order valence-electron chi connectivity index (χ0n) is 14.2. The maximum Gasteiger partial charge on any atom is 0.241 e. The van der Waals surface area contributed by atoms with Crippen molar-refractivity contribution in [2.75, 3.05) is 17.3 Å². The van der Waals surface area contributed by atoms with Gasteiger partial charge in [-0.1, -0.05) is 32.0 Å². The zero-order chi connectivity index (χ0) is 18.2. The van der Waals surface area contributed by atoms with E-state index in [0.717, 1.165) is 5.69 Å². The third-order valence-electron chi connectivity index (χ3n) is 4.56. The first-order chi connectivity index (χ1) is 11.9. The molecule has 2 aromatic rings. The van der Waals surface area contributed by atoms with Crippen molar-refractivity contribution < 1.29 is 14.3 Å². The van der Waals surface area contributed by atoms with Crippen molar-refractivity contribution in [3.8, 4) is 0 Å². The van der Waals surface area contributed by atoms with E-state index in [1.165, 1.54) is 6.07 Å². The van der Waals surface area contributed by atoms with E-state index in [2.05, 4.69) is 4.98 Å². The van der Waals surface area contributed by atoms with Gasteiger partial charge in [-0.2, -0.15) is 0 Å². The van der Waals surface area contributed by atoms with Crippen molar-refractivity contribution in [2.45, 2.75) is 32.3 Å². The van der Waals surface area contributed by atoms with Crippen LogP contribution in [0.15, 0.2) is 30.3 Å². The van der Waals surface area contributed by atoms with E-state index in [9.17, 15) is 14.3 Å². The number of aliphatic hydroxyl groups excluding tert-OH is 1. The van der Waals surface area contributed by atoms with Gasteiger partial charge in [-0.25, -0.2) is 4.39 Å². The van der Waals surface area contributed by atoms with Crippen LogP contribution in [0.2, 0.25) is 0 Å². The number of amides is 1. The highest BCUT2D eigenvalue weighted by atomic mass is 35.5. The number of anilines is 1. The molecule has 1 amide bonds. The Labute approximate surface area is 151 Å². The summed E-state index contributed by atoms with van der Waals surface area (Å²) in [6, 6.07) is 8.34. The maximum atomic E-state index is 14.0. The van der Waals surface area contributed by atoms with Gasteiger partial charge >= 0.3 is 0 Å². The third-order valence-corrected chi connectivity index (χ3v) is 4.79. The number of halogens is 2. The van der Waals surface area contributed by atoms with Crippen LogP contribution in [0.1, 0.15) is 36.4 Å². The van der Waals surface area contributed by atoms with Crippen LogP contribution in [-0.2, 0) is 23.2 Å². The first-order valence-corrected chi connectivity index (χ1v) is 8.64. The number of aliphatic hydroxyl groups is 1. The Balaban J connectivity index is 2.09. The van der Waals surface area contributed by atoms with Crippen LogP contribution >= 0.6 is 11.6 Å². The third kappa shape index (κ3) is 3.26. The highest BCUT2D eigenvalue weighted by Gasteiger charge is 2.39. The van der Waals surface area contributed by atoms with Gasteiger partial charge in [0.25, 0.3) is 0 Å². The summed E-state index contributed by atoms with van der Waals surface area (Å²) in [6.07, 6.45) is 0.298. The number of hydrogen-bond donors (Lipinski definition) is 1. The minimum Gasteiger partial charge on any atom is -0.390 e. The van der Waals surface area contributed by atoms with Gasteiger partial charge in [0, 0.05) is 18.4 Å². The summed E-state index contributed by atoms with van der Waals surface area (Å²) in [6.45, 7) is 4.24. The molecule has 0 saturated heterocycles. The number of hydrogen-bond acceptors (Lipinski definition) is 3. The fraction of sp³-hybridized carbons (Fsp3) is 0.368. The van der Waals surface area contributed by atoms with E-state index >= 15 is 0 Å². The van der Waals surface area contributed by atoms with Crippen molar-refractivity contribution in [1.82, 2.24) is 4.98 Å². The van der Waals surface area contributed by atoms with Crippen LogP contribution in [0.25, 0.3) is 0 Å². The van der Waals surface area contributed by atoms with Crippen molar-refractivity contribution in [3.05, 3.63) is 58.7 Å². The fourth-order valence-corrected chi connectivity index (χ4v) is 3.42. The van der Waals surface area contributed by atoms with E-state index < -0.39 is 0 Å². The molecule has 1 aromatic carbocycles. The smallest absolute Gasteiger partial charge is 0.241 e. The fourth-order valence-electron chi connectivity index (χ4n) is 3.27. The molecule has 3 rings (SSSR count). The van der Waals surface area contributed by atoms with Gasteiger partial charge in [0.15, 0.2) is 0 Å². The predicted octanol–water partition coefficient (Wildman–Crippen LogP) is 3.17. The Kier molecular flexibility index (Phi) is 4.80. The topological polar surface area (TPSA) is 53.4 Å². The van der Waals surface area contributed by atoms with Gasteiger partial charge in [-0.15, -0.1) is 11.6 Å². The van der Waals surface area contributed by atoms with Crippen LogP contribution in [0.3, 0.4) is 0 Å². The number of carbonyl (C=O) groups is 1. The Bertz CT molecular complexity index is 823. The monoisotopic (exact) mass is 362 g/mol. The zero-order valence-corrected chi connectivity index (χ0v) is 15.0. The second kappa shape index (κ2) is 6.73. The first-order valence-electron chi connectivity index (χ1n) is 8.11. The minimum atomic E-state index is -0.336. The summed E-state index contributed by atoms with van der Waals surface area (Å²) in [7, 11) is 0. The van der Waals surface area contributed by atoms with Gasteiger partial charge < -0.3 is 10.0 Å². The SMILES string of the molecule is CC1(C)CN(C(=O)CCl)c2cc(Cc3ccccc3F)c(CO)nc21. The molecule has 1 aliphatic rings. The Morgan fingerprint density at radius 1 is 1.36 bits per heavy atom. The summed E-state index contributed by atoms with van der Waals surface area (Å²) in [4.78, 5) is 18.4. The average Bonchev–Trinajstić information content (AvgIpc) is 2.86. The largest absolute Gasteiger partial charge is 0.390 e. The molecule has 2 heterocycles. The molecule has 1 aromatic heterocycles. The maximum absolute atomic E-state index is 14.0.